The van der Waals surface area contributed by atoms with Crippen LogP contribution in [-0.2, 0) is 14.8 Å². The fourth-order valence-corrected chi connectivity index (χ4v) is 3.71. The zero-order valence-electron chi connectivity index (χ0n) is 12.1. The van der Waals surface area contributed by atoms with Crippen molar-refractivity contribution in [1.82, 2.24) is 4.72 Å². The molecule has 0 amide bonds. The minimum Gasteiger partial charge on any atom is -0.496 e. The summed E-state index contributed by atoms with van der Waals surface area (Å²) in [5, 5.41) is 0. The molecule has 0 radical (unpaired) electrons. The second-order valence-corrected chi connectivity index (χ2v) is 6.81. The van der Waals surface area contributed by atoms with E-state index in [0.717, 1.165) is 18.4 Å². The van der Waals surface area contributed by atoms with Gasteiger partial charge < -0.3 is 9.47 Å². The predicted octanol–water partition coefficient (Wildman–Crippen LogP) is 1.77. The first-order chi connectivity index (χ1) is 9.44. The Balaban J connectivity index is 2.19. The van der Waals surface area contributed by atoms with Gasteiger partial charge in [-0.3, -0.25) is 0 Å². The maximum atomic E-state index is 12.4. The van der Waals surface area contributed by atoms with Crippen LogP contribution in [-0.4, -0.2) is 34.8 Å². The predicted molar refractivity (Wildman–Crippen MR) is 76.6 cm³/mol. The lowest BCUT2D eigenvalue weighted by molar-refractivity contribution is 0.114. The molecule has 112 valence electrons. The average molecular weight is 299 g/mol. The highest BCUT2D eigenvalue weighted by molar-refractivity contribution is 7.89. The molecule has 1 atom stereocenters. The molecule has 1 heterocycles. The van der Waals surface area contributed by atoms with Crippen molar-refractivity contribution in [2.45, 2.75) is 37.7 Å². The van der Waals surface area contributed by atoms with E-state index in [1.54, 1.807) is 13.0 Å². The van der Waals surface area contributed by atoms with E-state index in [0.29, 0.717) is 24.5 Å². The van der Waals surface area contributed by atoms with Crippen molar-refractivity contribution in [3.63, 3.8) is 0 Å². The molecule has 1 aliphatic rings. The summed E-state index contributed by atoms with van der Waals surface area (Å²) >= 11 is 0. The van der Waals surface area contributed by atoms with Crippen LogP contribution in [0, 0.1) is 13.8 Å². The minimum atomic E-state index is -3.54. The molecule has 5 nitrogen and oxygen atoms in total. The summed E-state index contributed by atoms with van der Waals surface area (Å²) < 4.78 is 38.0. The summed E-state index contributed by atoms with van der Waals surface area (Å²) in [6.45, 7) is 4.71. The van der Waals surface area contributed by atoms with Crippen molar-refractivity contribution >= 4 is 10.0 Å². The zero-order chi connectivity index (χ0) is 14.8. The van der Waals surface area contributed by atoms with Crippen LogP contribution in [0.4, 0.5) is 0 Å². The van der Waals surface area contributed by atoms with Gasteiger partial charge in [-0.25, -0.2) is 13.1 Å². The van der Waals surface area contributed by atoms with Crippen LogP contribution in [0.15, 0.2) is 17.0 Å². The number of rotatable bonds is 5. The molecule has 6 heteroatoms. The monoisotopic (exact) mass is 299 g/mol. The molecular formula is C14H21NO4S. The Labute approximate surface area is 120 Å². The first-order valence-corrected chi connectivity index (χ1v) is 8.19. The van der Waals surface area contributed by atoms with Crippen molar-refractivity contribution in [2.24, 2.45) is 0 Å². The van der Waals surface area contributed by atoms with E-state index in [9.17, 15) is 8.42 Å². The van der Waals surface area contributed by atoms with E-state index in [4.69, 9.17) is 9.47 Å². The Kier molecular flexibility index (Phi) is 4.67. The van der Waals surface area contributed by atoms with E-state index in [-0.39, 0.29) is 11.0 Å². The number of sulfonamides is 1. The number of nitrogens with one attached hydrogen (secondary N) is 1. The van der Waals surface area contributed by atoms with Gasteiger partial charge in [0.15, 0.2) is 0 Å². The Bertz CT molecular complexity index is 577. The molecule has 0 spiro atoms. The quantitative estimate of drug-likeness (QED) is 0.900. The molecule has 1 fully saturated rings. The molecule has 0 bridgehead atoms. The summed E-state index contributed by atoms with van der Waals surface area (Å²) in [4.78, 5) is 0.262. The van der Waals surface area contributed by atoms with E-state index in [2.05, 4.69) is 4.72 Å². The maximum absolute atomic E-state index is 12.4. The Morgan fingerprint density at radius 1 is 1.35 bits per heavy atom. The lowest BCUT2D eigenvalue weighted by atomic mass is 10.1. The molecule has 0 aliphatic carbocycles. The van der Waals surface area contributed by atoms with Crippen molar-refractivity contribution in [3.8, 4) is 5.75 Å². The largest absolute Gasteiger partial charge is 0.496 e. The lowest BCUT2D eigenvalue weighted by Gasteiger charge is -2.14. The van der Waals surface area contributed by atoms with Gasteiger partial charge in [-0.1, -0.05) is 6.07 Å². The Morgan fingerprint density at radius 3 is 2.70 bits per heavy atom. The summed E-state index contributed by atoms with van der Waals surface area (Å²) in [7, 11) is -2.00. The van der Waals surface area contributed by atoms with Gasteiger partial charge in [0.25, 0.3) is 0 Å². The molecule has 1 aromatic carbocycles. The molecule has 0 aromatic heterocycles. The van der Waals surface area contributed by atoms with Gasteiger partial charge in [-0.05, 0) is 37.8 Å². The number of methoxy groups -OCH3 is 1. The zero-order valence-corrected chi connectivity index (χ0v) is 12.9. The molecule has 0 unspecified atom stereocenters. The van der Waals surface area contributed by atoms with Gasteiger partial charge in [0.1, 0.15) is 5.75 Å². The first-order valence-electron chi connectivity index (χ1n) is 6.70. The van der Waals surface area contributed by atoms with Gasteiger partial charge in [-0.2, -0.15) is 0 Å². The normalized spacial score (nSPS) is 19.2. The maximum Gasteiger partial charge on any atom is 0.241 e. The van der Waals surface area contributed by atoms with E-state index >= 15 is 0 Å². The molecule has 1 aliphatic heterocycles. The summed E-state index contributed by atoms with van der Waals surface area (Å²) in [6, 6.07) is 3.39. The SMILES string of the molecule is COc1cc(S(=O)(=O)NC[C@H]2CCCO2)c(C)cc1C. The molecule has 20 heavy (non-hydrogen) atoms. The van der Waals surface area contributed by atoms with Crippen LogP contribution >= 0.6 is 0 Å². The van der Waals surface area contributed by atoms with Gasteiger partial charge >= 0.3 is 0 Å². The van der Waals surface area contributed by atoms with E-state index in [1.165, 1.54) is 7.11 Å². The number of hydrogen-bond acceptors (Lipinski definition) is 4. The van der Waals surface area contributed by atoms with Crippen molar-refractivity contribution < 1.29 is 17.9 Å². The van der Waals surface area contributed by atoms with Crippen LogP contribution in [0.3, 0.4) is 0 Å². The third-order valence-corrected chi connectivity index (χ3v) is 5.07. The van der Waals surface area contributed by atoms with Crippen molar-refractivity contribution in [1.29, 1.82) is 0 Å². The van der Waals surface area contributed by atoms with Gasteiger partial charge in [0.05, 0.1) is 18.1 Å². The summed E-state index contributed by atoms with van der Waals surface area (Å²) in [6.07, 6.45) is 1.88. The van der Waals surface area contributed by atoms with Gasteiger partial charge in [0, 0.05) is 19.2 Å². The van der Waals surface area contributed by atoms with Crippen molar-refractivity contribution in [3.05, 3.63) is 23.3 Å². The topological polar surface area (TPSA) is 64.6 Å². The smallest absolute Gasteiger partial charge is 0.241 e. The molecule has 1 N–H and O–H groups in total. The highest BCUT2D eigenvalue weighted by atomic mass is 32.2. The van der Waals surface area contributed by atoms with Crippen LogP contribution in [0.5, 0.6) is 5.75 Å². The summed E-state index contributed by atoms with van der Waals surface area (Å²) in [5.41, 5.74) is 1.63. The average Bonchev–Trinajstić information content (AvgIpc) is 2.89. The fraction of sp³-hybridized carbons (Fsp3) is 0.571. The third-order valence-electron chi connectivity index (χ3n) is 3.51. The number of benzene rings is 1. The minimum absolute atomic E-state index is 0.0163. The lowest BCUT2D eigenvalue weighted by Crippen LogP contribution is -2.32. The summed E-state index contributed by atoms with van der Waals surface area (Å²) in [5.74, 6) is 0.577. The fourth-order valence-electron chi connectivity index (χ4n) is 2.41. The standard InChI is InChI=1S/C14H21NO4S/c1-10-7-11(2)14(8-13(10)18-3)20(16,17)15-9-12-5-4-6-19-12/h7-8,12,15H,4-6,9H2,1-3H3/t12-/m1/s1. The Hall–Kier alpha value is -1.11. The second-order valence-electron chi connectivity index (χ2n) is 5.07. The number of hydrogen-bond donors (Lipinski definition) is 1. The molecular weight excluding hydrogens is 278 g/mol. The Morgan fingerprint density at radius 2 is 2.10 bits per heavy atom. The third kappa shape index (κ3) is 3.31. The molecule has 1 saturated heterocycles. The van der Waals surface area contributed by atoms with E-state index in [1.807, 2.05) is 13.0 Å². The molecule has 2 rings (SSSR count). The van der Waals surface area contributed by atoms with Crippen LogP contribution in [0.1, 0.15) is 24.0 Å². The molecule has 0 saturated carbocycles. The van der Waals surface area contributed by atoms with Gasteiger partial charge in [0.2, 0.25) is 10.0 Å². The number of aryl methyl sites for hydroxylation is 2. The number of ether oxygens (including phenoxy) is 2. The first kappa shape index (κ1) is 15.3. The van der Waals surface area contributed by atoms with Crippen LogP contribution in [0.2, 0.25) is 0 Å². The van der Waals surface area contributed by atoms with Crippen LogP contribution < -0.4 is 9.46 Å². The second kappa shape index (κ2) is 6.11. The van der Waals surface area contributed by atoms with Crippen LogP contribution in [0.25, 0.3) is 0 Å². The molecule has 1 aromatic rings. The highest BCUT2D eigenvalue weighted by Crippen LogP contribution is 2.25. The highest BCUT2D eigenvalue weighted by Gasteiger charge is 2.22. The van der Waals surface area contributed by atoms with Crippen molar-refractivity contribution in [2.75, 3.05) is 20.3 Å². The van der Waals surface area contributed by atoms with E-state index < -0.39 is 10.0 Å². The van der Waals surface area contributed by atoms with Gasteiger partial charge in [-0.15, -0.1) is 0 Å².